The first-order chi connectivity index (χ1) is 17.0. The van der Waals surface area contributed by atoms with Crippen LogP contribution in [0.4, 0.5) is 0 Å². The molecular formula is C30H47O4P. The quantitative estimate of drug-likeness (QED) is 0.0989. The minimum Gasteiger partial charge on any atom is -0.508 e. The van der Waals surface area contributed by atoms with E-state index in [1.165, 1.54) is 94.6 Å². The maximum absolute atomic E-state index is 10.2. The Morgan fingerprint density at radius 3 is 1.71 bits per heavy atom. The third kappa shape index (κ3) is 17.4. The summed E-state index contributed by atoms with van der Waals surface area (Å²) in [6.45, 7) is 2.28. The average Bonchev–Trinajstić information content (AvgIpc) is 2.85. The maximum Gasteiger partial charge on any atom is 0.324 e. The fourth-order valence-electron chi connectivity index (χ4n) is 4.16. The molecule has 0 aliphatic rings. The first kappa shape index (κ1) is 31.3. The van der Waals surface area contributed by atoms with Crippen LogP contribution >= 0.6 is 8.60 Å². The van der Waals surface area contributed by atoms with Gasteiger partial charge in [0.15, 0.2) is 0 Å². The van der Waals surface area contributed by atoms with Gasteiger partial charge in [-0.3, -0.25) is 0 Å². The number of rotatable bonds is 17. The number of hydrogen-bond donors (Lipinski definition) is 4. The van der Waals surface area contributed by atoms with E-state index in [1.807, 2.05) is 18.2 Å². The highest BCUT2D eigenvalue weighted by atomic mass is 31.2. The molecule has 5 heteroatoms. The standard InChI is InChI=1S/C30H44O.H3O3P/c1-2-3-4-5-6-7-8-9-10-11-12-13-14-15-16-18-23-29-26-28(24-25-30(29)31)27-21-19-17-20-22-27;1-4(2)3/h9-10,17,19-22,24-26,31H,2-8,11-16,18,23H2,1H3;1-3H. The lowest BCUT2D eigenvalue weighted by Gasteiger charge is -2.08. The van der Waals surface area contributed by atoms with Gasteiger partial charge in [-0.15, -0.1) is 0 Å². The first-order valence-electron chi connectivity index (χ1n) is 13.4. The fraction of sp³-hybridized carbons (Fsp3) is 0.533. The summed E-state index contributed by atoms with van der Waals surface area (Å²) >= 11 is 0. The van der Waals surface area contributed by atoms with Gasteiger partial charge >= 0.3 is 8.60 Å². The Morgan fingerprint density at radius 2 is 1.14 bits per heavy atom. The molecule has 4 N–H and O–H groups in total. The monoisotopic (exact) mass is 502 g/mol. The molecule has 0 bridgehead atoms. The van der Waals surface area contributed by atoms with E-state index >= 15 is 0 Å². The minimum atomic E-state index is -2.62. The van der Waals surface area contributed by atoms with E-state index in [2.05, 4.69) is 49.4 Å². The maximum atomic E-state index is 10.2. The van der Waals surface area contributed by atoms with Gasteiger partial charge in [-0.25, -0.2) is 0 Å². The van der Waals surface area contributed by atoms with Crippen molar-refractivity contribution in [3.05, 3.63) is 66.2 Å². The highest BCUT2D eigenvalue weighted by Gasteiger charge is 2.04. The van der Waals surface area contributed by atoms with E-state index in [0.717, 1.165) is 18.4 Å². The molecule has 35 heavy (non-hydrogen) atoms. The molecule has 0 aromatic heterocycles. The molecule has 2 aromatic rings. The van der Waals surface area contributed by atoms with E-state index in [4.69, 9.17) is 14.7 Å². The van der Waals surface area contributed by atoms with Crippen LogP contribution in [0.3, 0.4) is 0 Å². The van der Waals surface area contributed by atoms with Crippen LogP contribution in [0.15, 0.2) is 60.7 Å². The third-order valence-electron chi connectivity index (χ3n) is 6.14. The van der Waals surface area contributed by atoms with Crippen LogP contribution < -0.4 is 0 Å². The molecule has 0 atom stereocenters. The van der Waals surface area contributed by atoms with Crippen molar-refractivity contribution < 1.29 is 19.8 Å². The Balaban J connectivity index is 0.00000142. The highest BCUT2D eigenvalue weighted by Crippen LogP contribution is 2.27. The van der Waals surface area contributed by atoms with Crippen molar-refractivity contribution in [3.63, 3.8) is 0 Å². The van der Waals surface area contributed by atoms with Gasteiger partial charge in [-0.1, -0.05) is 113 Å². The Kier molecular flexibility index (Phi) is 19.3. The summed E-state index contributed by atoms with van der Waals surface area (Å²) in [4.78, 5) is 21.7. The van der Waals surface area contributed by atoms with Crippen molar-refractivity contribution in [1.29, 1.82) is 0 Å². The number of aromatic hydroxyl groups is 1. The second-order valence-corrected chi connectivity index (χ2v) is 9.70. The van der Waals surface area contributed by atoms with Crippen molar-refractivity contribution in [2.45, 2.75) is 103 Å². The molecule has 0 saturated carbocycles. The zero-order valence-electron chi connectivity index (χ0n) is 21.6. The van der Waals surface area contributed by atoms with Crippen molar-refractivity contribution in [3.8, 4) is 16.9 Å². The predicted octanol–water partition coefficient (Wildman–Crippen LogP) is 8.83. The molecule has 0 radical (unpaired) electrons. The molecule has 196 valence electrons. The van der Waals surface area contributed by atoms with Gasteiger partial charge in [0.25, 0.3) is 0 Å². The minimum absolute atomic E-state index is 0.437. The summed E-state index contributed by atoms with van der Waals surface area (Å²) in [5.41, 5.74) is 3.49. The summed E-state index contributed by atoms with van der Waals surface area (Å²) in [6, 6.07) is 16.4. The Labute approximate surface area is 214 Å². The van der Waals surface area contributed by atoms with Gasteiger partial charge in [0.2, 0.25) is 0 Å². The first-order valence-corrected chi connectivity index (χ1v) is 14.6. The SMILES string of the molecule is CCCCCCCCC=CCCCCCCCCc1cc(-c2ccccc2)ccc1O.OP(O)O. The van der Waals surface area contributed by atoms with Crippen LogP contribution in [-0.4, -0.2) is 19.8 Å². The average molecular weight is 503 g/mol. The van der Waals surface area contributed by atoms with Gasteiger partial charge in [-0.05, 0) is 67.3 Å². The Hall–Kier alpha value is -1.71. The van der Waals surface area contributed by atoms with E-state index in [9.17, 15) is 5.11 Å². The number of unbranched alkanes of at least 4 members (excludes halogenated alkanes) is 12. The second-order valence-electron chi connectivity index (χ2n) is 9.17. The topological polar surface area (TPSA) is 80.9 Å². The van der Waals surface area contributed by atoms with E-state index in [-0.39, 0.29) is 0 Å². The molecule has 0 aliphatic carbocycles. The van der Waals surface area contributed by atoms with Gasteiger partial charge in [-0.2, -0.15) is 0 Å². The molecule has 0 heterocycles. The summed E-state index contributed by atoms with van der Waals surface area (Å²) in [5, 5.41) is 10.2. The lowest BCUT2D eigenvalue weighted by molar-refractivity contribution is 0.368. The molecule has 2 aromatic carbocycles. The summed E-state index contributed by atoms with van der Waals surface area (Å²) in [5.74, 6) is 0.437. The largest absolute Gasteiger partial charge is 0.508 e. The van der Waals surface area contributed by atoms with Gasteiger partial charge in [0.05, 0.1) is 0 Å². The van der Waals surface area contributed by atoms with Gasteiger partial charge in [0, 0.05) is 0 Å². The zero-order chi connectivity index (χ0) is 25.6. The van der Waals surface area contributed by atoms with Crippen molar-refractivity contribution in [2.75, 3.05) is 0 Å². The van der Waals surface area contributed by atoms with Crippen molar-refractivity contribution >= 4 is 8.60 Å². The normalized spacial score (nSPS) is 11.1. The van der Waals surface area contributed by atoms with Crippen LogP contribution in [-0.2, 0) is 6.42 Å². The van der Waals surface area contributed by atoms with Gasteiger partial charge < -0.3 is 19.8 Å². The van der Waals surface area contributed by atoms with E-state index in [0.29, 0.717) is 5.75 Å². The molecule has 0 unspecified atom stereocenters. The van der Waals surface area contributed by atoms with Crippen LogP contribution in [0.1, 0.15) is 102 Å². The number of benzene rings is 2. The predicted molar refractivity (Wildman–Crippen MR) is 150 cm³/mol. The van der Waals surface area contributed by atoms with Crippen molar-refractivity contribution in [1.82, 2.24) is 0 Å². The summed E-state index contributed by atoms with van der Waals surface area (Å²) < 4.78 is 0. The fourth-order valence-corrected chi connectivity index (χ4v) is 4.16. The number of aryl methyl sites for hydroxylation is 1. The van der Waals surface area contributed by atoms with Crippen LogP contribution in [0, 0.1) is 0 Å². The molecule has 0 amide bonds. The Bertz CT molecular complexity index is 774. The molecule has 0 saturated heterocycles. The van der Waals surface area contributed by atoms with Crippen LogP contribution in [0.2, 0.25) is 0 Å². The van der Waals surface area contributed by atoms with Gasteiger partial charge in [0.1, 0.15) is 5.75 Å². The van der Waals surface area contributed by atoms with E-state index in [1.54, 1.807) is 0 Å². The van der Waals surface area contributed by atoms with Crippen LogP contribution in [0.5, 0.6) is 5.75 Å². The molecule has 0 fully saturated rings. The van der Waals surface area contributed by atoms with Crippen molar-refractivity contribution in [2.24, 2.45) is 0 Å². The number of hydrogen-bond acceptors (Lipinski definition) is 4. The molecule has 2 rings (SSSR count). The highest BCUT2D eigenvalue weighted by molar-refractivity contribution is 7.38. The number of phenolic OH excluding ortho intramolecular Hbond substituents is 1. The zero-order valence-corrected chi connectivity index (χ0v) is 22.5. The number of allylic oxidation sites excluding steroid dienone is 2. The molecule has 0 aliphatic heterocycles. The lowest BCUT2D eigenvalue weighted by atomic mass is 9.99. The summed E-state index contributed by atoms with van der Waals surface area (Å²) in [6.07, 6.45) is 24.3. The lowest BCUT2D eigenvalue weighted by Crippen LogP contribution is -1.89. The second kappa shape index (κ2) is 21.6. The third-order valence-corrected chi connectivity index (χ3v) is 6.14. The smallest absolute Gasteiger partial charge is 0.324 e. The summed E-state index contributed by atoms with van der Waals surface area (Å²) in [7, 11) is -2.62. The molecule has 4 nitrogen and oxygen atoms in total. The Morgan fingerprint density at radius 1 is 0.629 bits per heavy atom. The molecular weight excluding hydrogens is 455 g/mol. The number of phenols is 1. The molecule has 0 spiro atoms. The van der Waals surface area contributed by atoms with E-state index < -0.39 is 8.60 Å². The van der Waals surface area contributed by atoms with Crippen LogP contribution in [0.25, 0.3) is 11.1 Å².